The van der Waals surface area contributed by atoms with Crippen molar-refractivity contribution >= 4 is 0 Å². The maximum atomic E-state index is 6.05. The third kappa shape index (κ3) is 19.8. The summed E-state index contributed by atoms with van der Waals surface area (Å²) in [7, 11) is 0. The van der Waals surface area contributed by atoms with Gasteiger partial charge in [0.05, 0.1) is 52.9 Å². The Bertz CT molecular complexity index is 1690. The normalized spacial score (nSPS) is 18.2. The molecule has 2 saturated heterocycles. The van der Waals surface area contributed by atoms with Crippen molar-refractivity contribution in [3.8, 4) is 45.3 Å². The molecule has 0 aliphatic carbocycles. The summed E-state index contributed by atoms with van der Waals surface area (Å²) in [5.41, 5.74) is 4.77. The van der Waals surface area contributed by atoms with Crippen LogP contribution >= 0.6 is 0 Å². The largest absolute Gasteiger partial charge is 0.494 e. The van der Waals surface area contributed by atoms with Crippen molar-refractivity contribution in [3.05, 3.63) is 97.1 Å². The van der Waals surface area contributed by atoms with Crippen molar-refractivity contribution in [3.63, 3.8) is 0 Å². The minimum atomic E-state index is -1.27. The molecule has 4 aromatic carbocycles. The van der Waals surface area contributed by atoms with Gasteiger partial charge in [0.2, 0.25) is 0 Å². The van der Waals surface area contributed by atoms with Crippen LogP contribution in [-0.2, 0) is 18.9 Å². The fraction of sp³-hybridized carbons (Fsp3) is 0.593. The van der Waals surface area contributed by atoms with Gasteiger partial charge >= 0.3 is 6.16 Å². The first-order valence-corrected chi connectivity index (χ1v) is 26.6. The lowest BCUT2D eigenvalue weighted by Crippen LogP contribution is -2.53. The Morgan fingerprint density at radius 3 is 0.836 bits per heavy atom. The van der Waals surface area contributed by atoms with E-state index in [1.165, 1.54) is 112 Å². The van der Waals surface area contributed by atoms with Crippen LogP contribution < -0.4 is 18.9 Å². The lowest BCUT2D eigenvalue weighted by atomic mass is 10.0. The molecule has 0 radical (unpaired) electrons. The molecule has 0 atom stereocenters. The molecule has 0 aromatic heterocycles. The maximum Gasteiger partial charge on any atom is 0.412 e. The molecule has 8 nitrogen and oxygen atoms in total. The van der Waals surface area contributed by atoms with Crippen molar-refractivity contribution in [1.82, 2.24) is 0 Å². The van der Waals surface area contributed by atoms with E-state index in [0.29, 0.717) is 38.3 Å². The highest BCUT2D eigenvalue weighted by Crippen LogP contribution is 2.33. The highest BCUT2D eigenvalue weighted by molar-refractivity contribution is 5.65. The van der Waals surface area contributed by atoms with Gasteiger partial charge in [-0.05, 0) is 109 Å². The number of unbranched alkanes of at least 4 members (excludes halogenated alkanes) is 16. The van der Waals surface area contributed by atoms with Crippen LogP contribution in [0.3, 0.4) is 0 Å². The number of ether oxygens (including phenoxy) is 8. The van der Waals surface area contributed by atoms with E-state index in [4.69, 9.17) is 37.9 Å². The maximum absolute atomic E-state index is 6.05. The van der Waals surface area contributed by atoms with Crippen molar-refractivity contribution in [2.24, 2.45) is 11.8 Å². The van der Waals surface area contributed by atoms with Crippen LogP contribution in [0, 0.1) is 11.8 Å². The Labute approximate surface area is 404 Å². The van der Waals surface area contributed by atoms with Crippen molar-refractivity contribution in [2.45, 2.75) is 161 Å². The molecule has 2 fully saturated rings. The van der Waals surface area contributed by atoms with E-state index in [0.717, 1.165) is 101 Å². The van der Waals surface area contributed by atoms with E-state index < -0.39 is 6.16 Å². The molecule has 67 heavy (non-hydrogen) atoms. The van der Waals surface area contributed by atoms with Gasteiger partial charge in [-0.15, -0.1) is 0 Å². The average molecular weight is 921 g/mol. The molecule has 368 valence electrons. The predicted octanol–water partition coefficient (Wildman–Crippen LogP) is 15.8. The van der Waals surface area contributed by atoms with E-state index in [9.17, 15) is 0 Å². The Balaban J connectivity index is 0.675. The van der Waals surface area contributed by atoms with Gasteiger partial charge in [0, 0.05) is 11.8 Å². The number of benzene rings is 4. The third-order valence-corrected chi connectivity index (χ3v) is 13.2. The molecule has 1 spiro atoms. The number of rotatable bonds is 34. The summed E-state index contributed by atoms with van der Waals surface area (Å²) in [5.74, 6) is 4.58. The van der Waals surface area contributed by atoms with E-state index >= 15 is 0 Å². The summed E-state index contributed by atoms with van der Waals surface area (Å²) in [4.78, 5) is 0. The van der Waals surface area contributed by atoms with Crippen molar-refractivity contribution < 1.29 is 37.9 Å². The molecule has 6 rings (SSSR count). The first kappa shape index (κ1) is 52.3. The SMILES string of the molecule is CCCCOc1ccc(-c2ccc(OCCCCCCCCCCC3COC4(OC3)OCC(CCCCCCCCCCOc3ccc(-c5ccc(OCCCC)cc5)cc3)CO4)cc2)cc1. The molecular weight excluding hydrogens is 837 g/mol. The Kier molecular flexibility index (Phi) is 24.3. The number of hydrogen-bond acceptors (Lipinski definition) is 8. The zero-order chi connectivity index (χ0) is 46.5. The summed E-state index contributed by atoms with van der Waals surface area (Å²) in [6, 6.07) is 33.6. The van der Waals surface area contributed by atoms with E-state index in [1.807, 2.05) is 0 Å². The molecular formula is C59H84O8. The van der Waals surface area contributed by atoms with Crippen molar-refractivity contribution in [1.29, 1.82) is 0 Å². The van der Waals surface area contributed by atoms with Gasteiger partial charge in [-0.2, -0.15) is 0 Å². The second kappa shape index (κ2) is 31.1. The quantitative estimate of drug-likeness (QED) is 0.0429. The van der Waals surface area contributed by atoms with Gasteiger partial charge in [0.1, 0.15) is 23.0 Å². The minimum Gasteiger partial charge on any atom is -0.494 e. The molecule has 4 aromatic rings. The second-order valence-electron chi connectivity index (χ2n) is 18.9. The monoisotopic (exact) mass is 921 g/mol. The van der Waals surface area contributed by atoms with E-state index in [-0.39, 0.29) is 0 Å². The highest BCUT2D eigenvalue weighted by Gasteiger charge is 2.44. The fourth-order valence-corrected chi connectivity index (χ4v) is 8.77. The Morgan fingerprint density at radius 1 is 0.328 bits per heavy atom. The van der Waals surface area contributed by atoms with Crippen molar-refractivity contribution in [2.75, 3.05) is 52.9 Å². The first-order valence-electron chi connectivity index (χ1n) is 26.6. The molecule has 8 heteroatoms. The van der Waals surface area contributed by atoms with Gasteiger partial charge in [0.15, 0.2) is 0 Å². The molecule has 0 saturated carbocycles. The molecule has 2 aliphatic rings. The highest BCUT2D eigenvalue weighted by atomic mass is 17.0. The molecule has 0 amide bonds. The van der Waals surface area contributed by atoms with Crippen LogP contribution in [-0.4, -0.2) is 59.0 Å². The summed E-state index contributed by atoms with van der Waals surface area (Å²) in [6.45, 7) is 10.0. The van der Waals surface area contributed by atoms with Gasteiger partial charge in [-0.3, -0.25) is 0 Å². The lowest BCUT2D eigenvalue weighted by molar-refractivity contribution is -0.535. The van der Waals surface area contributed by atoms with Crippen LogP contribution in [0.25, 0.3) is 22.3 Å². The first-order chi connectivity index (χ1) is 33.1. The van der Waals surface area contributed by atoms with E-state index in [1.54, 1.807) is 0 Å². The Morgan fingerprint density at radius 2 is 0.567 bits per heavy atom. The molecule has 2 aliphatic heterocycles. The van der Waals surface area contributed by atoms with Crippen LogP contribution in [0.5, 0.6) is 23.0 Å². The molecule has 0 unspecified atom stereocenters. The van der Waals surface area contributed by atoms with Crippen LogP contribution in [0.2, 0.25) is 0 Å². The summed E-state index contributed by atoms with van der Waals surface area (Å²) >= 11 is 0. The summed E-state index contributed by atoms with van der Waals surface area (Å²) in [5, 5.41) is 0. The zero-order valence-corrected chi connectivity index (χ0v) is 41.4. The third-order valence-electron chi connectivity index (χ3n) is 13.2. The van der Waals surface area contributed by atoms with Crippen LogP contribution in [0.15, 0.2) is 97.1 Å². The predicted molar refractivity (Wildman–Crippen MR) is 272 cm³/mol. The smallest absolute Gasteiger partial charge is 0.412 e. The molecule has 2 heterocycles. The standard InChI is InChI=1S/C59H84O8/c1-3-5-41-60-55-33-25-51(26-34-55)53-29-37-57(38-30-53)62-43-21-17-13-9-7-11-15-19-23-49-45-64-59(65-46-49)66-47-50(48-67-59)24-20-16-12-8-10-14-18-22-44-63-58-39-31-54(32-40-58)52-27-35-56(36-28-52)61-42-6-4-2/h25-40,49-50H,3-24,41-48H2,1-2H3. The zero-order valence-electron chi connectivity index (χ0n) is 41.4. The number of hydrogen-bond donors (Lipinski definition) is 0. The topological polar surface area (TPSA) is 73.8 Å². The fourth-order valence-electron chi connectivity index (χ4n) is 8.77. The lowest BCUT2D eigenvalue weighted by Gasteiger charge is -2.42. The minimum absolute atomic E-state index is 0.413. The average Bonchev–Trinajstić information content (AvgIpc) is 3.37. The summed E-state index contributed by atoms with van der Waals surface area (Å²) < 4.78 is 47.8. The van der Waals surface area contributed by atoms with Gasteiger partial charge < -0.3 is 37.9 Å². The molecule has 0 bridgehead atoms. The molecule has 0 N–H and O–H groups in total. The van der Waals surface area contributed by atoms with Gasteiger partial charge in [-0.25, -0.2) is 0 Å². The van der Waals surface area contributed by atoms with Gasteiger partial charge in [-0.1, -0.05) is 165 Å². The van der Waals surface area contributed by atoms with Crippen LogP contribution in [0.1, 0.15) is 155 Å². The van der Waals surface area contributed by atoms with Crippen LogP contribution in [0.4, 0.5) is 0 Å². The van der Waals surface area contributed by atoms with E-state index in [2.05, 4.69) is 111 Å². The summed E-state index contributed by atoms with van der Waals surface area (Å²) in [6.07, 6.45) is 25.4. The van der Waals surface area contributed by atoms with Gasteiger partial charge in [0.25, 0.3) is 0 Å². The Hall–Kier alpha value is -4.08. The second-order valence-corrected chi connectivity index (χ2v) is 18.9.